The van der Waals surface area contributed by atoms with E-state index in [-0.39, 0.29) is 5.41 Å². The molecule has 3 N–H and O–H groups in total. The van der Waals surface area contributed by atoms with Gasteiger partial charge in [0.2, 0.25) is 0 Å². The van der Waals surface area contributed by atoms with Gasteiger partial charge in [-0.25, -0.2) is 0 Å². The van der Waals surface area contributed by atoms with E-state index in [1.807, 2.05) is 25.6 Å². The van der Waals surface area contributed by atoms with Crippen LogP contribution in [0.25, 0.3) is 0 Å². The molecule has 0 amide bonds. The summed E-state index contributed by atoms with van der Waals surface area (Å²) in [5.41, 5.74) is 6.82. The molecule has 3 nitrogen and oxygen atoms in total. The number of thioether (sulfide) groups is 1. The van der Waals surface area contributed by atoms with Crippen LogP contribution in [0.1, 0.15) is 52.0 Å². The van der Waals surface area contributed by atoms with Crippen molar-refractivity contribution < 1.29 is 5.21 Å². The Kier molecular flexibility index (Phi) is 6.40. The van der Waals surface area contributed by atoms with E-state index in [1.165, 1.54) is 10.5 Å². The molecule has 0 saturated carbocycles. The van der Waals surface area contributed by atoms with E-state index in [9.17, 15) is 0 Å². The molecule has 0 saturated heterocycles. The summed E-state index contributed by atoms with van der Waals surface area (Å²) < 4.78 is 0. The highest BCUT2D eigenvalue weighted by Gasteiger charge is 2.22. The third kappa shape index (κ3) is 5.08. The van der Waals surface area contributed by atoms with Crippen LogP contribution in [-0.4, -0.2) is 16.8 Å². The zero-order chi connectivity index (χ0) is 15.2. The summed E-state index contributed by atoms with van der Waals surface area (Å²) >= 11 is 1.86. The Labute approximate surface area is 126 Å². The molecule has 112 valence electrons. The van der Waals surface area contributed by atoms with Gasteiger partial charge in [0.05, 0.1) is 0 Å². The van der Waals surface area contributed by atoms with Crippen LogP contribution in [0.4, 0.5) is 0 Å². The fourth-order valence-corrected chi connectivity index (χ4v) is 2.77. The van der Waals surface area contributed by atoms with Crippen molar-refractivity contribution in [3.63, 3.8) is 0 Å². The van der Waals surface area contributed by atoms with Gasteiger partial charge in [-0.3, -0.25) is 0 Å². The lowest BCUT2D eigenvalue weighted by molar-refractivity contribution is 0.305. The summed E-state index contributed by atoms with van der Waals surface area (Å²) in [6, 6.07) is 8.78. The van der Waals surface area contributed by atoms with Crippen molar-refractivity contribution in [1.29, 1.82) is 0 Å². The lowest BCUT2D eigenvalue weighted by Crippen LogP contribution is -2.31. The zero-order valence-corrected chi connectivity index (χ0v) is 13.7. The van der Waals surface area contributed by atoms with Gasteiger partial charge in [-0.2, -0.15) is 0 Å². The van der Waals surface area contributed by atoms with Crippen molar-refractivity contribution in [3.05, 3.63) is 29.8 Å². The molecule has 0 bridgehead atoms. The van der Waals surface area contributed by atoms with Crippen LogP contribution in [0.15, 0.2) is 34.3 Å². The minimum Gasteiger partial charge on any atom is -0.409 e. The van der Waals surface area contributed by atoms with Crippen LogP contribution in [-0.2, 0) is 0 Å². The van der Waals surface area contributed by atoms with Gasteiger partial charge >= 0.3 is 0 Å². The largest absolute Gasteiger partial charge is 0.409 e. The molecule has 0 aliphatic heterocycles. The van der Waals surface area contributed by atoms with E-state index < -0.39 is 0 Å². The van der Waals surface area contributed by atoms with E-state index in [2.05, 4.69) is 43.3 Å². The van der Waals surface area contributed by atoms with Crippen LogP contribution in [0.3, 0.4) is 0 Å². The Morgan fingerprint density at radius 2 is 1.90 bits per heavy atom. The normalized spacial score (nSPS) is 12.9. The van der Waals surface area contributed by atoms with Crippen molar-refractivity contribution in [2.75, 3.05) is 5.75 Å². The highest BCUT2D eigenvalue weighted by Crippen LogP contribution is 2.27. The highest BCUT2D eigenvalue weighted by atomic mass is 32.2. The molecule has 1 aromatic carbocycles. The number of rotatable bonds is 7. The number of hydrogen-bond donors (Lipinski definition) is 2. The third-order valence-electron chi connectivity index (χ3n) is 3.56. The summed E-state index contributed by atoms with van der Waals surface area (Å²) in [5, 5.41) is 11.8. The van der Waals surface area contributed by atoms with Crippen LogP contribution >= 0.6 is 11.8 Å². The SMILES string of the molecule is CC(C)c1ccc(SCCCC(C)(C)C(N)=NO)cc1. The molecule has 0 radical (unpaired) electrons. The number of amidine groups is 1. The molecule has 0 spiro atoms. The molecular weight excluding hydrogens is 268 g/mol. The fourth-order valence-electron chi connectivity index (χ4n) is 1.92. The number of hydrogen-bond acceptors (Lipinski definition) is 3. The van der Waals surface area contributed by atoms with E-state index in [4.69, 9.17) is 10.9 Å². The summed E-state index contributed by atoms with van der Waals surface area (Å²) in [6.45, 7) is 8.42. The zero-order valence-electron chi connectivity index (χ0n) is 12.9. The van der Waals surface area contributed by atoms with Crippen molar-refractivity contribution in [1.82, 2.24) is 0 Å². The molecule has 0 heterocycles. The molecule has 0 aliphatic rings. The fraction of sp³-hybridized carbons (Fsp3) is 0.562. The first-order chi connectivity index (χ1) is 9.36. The van der Waals surface area contributed by atoms with Gasteiger partial charge in [-0.15, -0.1) is 11.8 Å². The van der Waals surface area contributed by atoms with Gasteiger partial charge < -0.3 is 10.9 Å². The number of nitrogens with zero attached hydrogens (tertiary/aromatic N) is 1. The molecule has 0 aliphatic carbocycles. The van der Waals surface area contributed by atoms with Crippen LogP contribution in [0, 0.1) is 5.41 Å². The first-order valence-electron chi connectivity index (χ1n) is 7.07. The topological polar surface area (TPSA) is 58.6 Å². The second kappa shape index (κ2) is 7.58. The van der Waals surface area contributed by atoms with Crippen molar-refractivity contribution in [2.45, 2.75) is 51.3 Å². The van der Waals surface area contributed by atoms with Gasteiger partial charge in [-0.1, -0.05) is 45.0 Å². The van der Waals surface area contributed by atoms with E-state index >= 15 is 0 Å². The molecule has 1 rings (SSSR count). The molecule has 0 fully saturated rings. The maximum atomic E-state index is 8.73. The Balaban J connectivity index is 2.38. The van der Waals surface area contributed by atoms with Crippen molar-refractivity contribution in [3.8, 4) is 0 Å². The smallest absolute Gasteiger partial charge is 0.144 e. The van der Waals surface area contributed by atoms with Gasteiger partial charge in [0.15, 0.2) is 0 Å². The van der Waals surface area contributed by atoms with Crippen molar-refractivity contribution >= 4 is 17.6 Å². The molecular formula is C16H26N2OS. The Morgan fingerprint density at radius 1 is 1.30 bits per heavy atom. The third-order valence-corrected chi connectivity index (χ3v) is 4.66. The average Bonchev–Trinajstić information content (AvgIpc) is 2.43. The molecule has 0 aromatic heterocycles. The molecule has 4 heteroatoms. The minimum atomic E-state index is -0.239. The maximum absolute atomic E-state index is 8.73. The standard InChI is InChI=1S/C16H26N2OS/c1-12(2)13-6-8-14(9-7-13)20-11-5-10-16(3,4)15(17)18-19/h6-9,12,19H,5,10-11H2,1-4H3,(H2,17,18). The second-order valence-corrected chi connectivity index (χ2v) is 7.21. The molecule has 20 heavy (non-hydrogen) atoms. The number of nitrogens with two attached hydrogens (primary N) is 1. The van der Waals surface area contributed by atoms with E-state index in [0.717, 1.165) is 18.6 Å². The minimum absolute atomic E-state index is 0.239. The average molecular weight is 294 g/mol. The van der Waals surface area contributed by atoms with Gasteiger partial charge in [0, 0.05) is 10.3 Å². The quantitative estimate of drug-likeness (QED) is 0.195. The van der Waals surface area contributed by atoms with Gasteiger partial charge in [0.25, 0.3) is 0 Å². The van der Waals surface area contributed by atoms with Crippen molar-refractivity contribution in [2.24, 2.45) is 16.3 Å². The maximum Gasteiger partial charge on any atom is 0.144 e. The molecule has 0 atom stereocenters. The van der Waals surface area contributed by atoms with E-state index in [1.54, 1.807) is 0 Å². The summed E-state index contributed by atoms with van der Waals surface area (Å²) in [5.74, 6) is 1.93. The monoisotopic (exact) mass is 294 g/mol. The van der Waals surface area contributed by atoms with Crippen LogP contribution in [0.2, 0.25) is 0 Å². The lowest BCUT2D eigenvalue weighted by atomic mass is 9.87. The lowest BCUT2D eigenvalue weighted by Gasteiger charge is -2.22. The van der Waals surface area contributed by atoms with Crippen LogP contribution < -0.4 is 5.73 Å². The molecule has 1 aromatic rings. The Hall–Kier alpha value is -1.16. The second-order valence-electron chi connectivity index (χ2n) is 6.04. The Bertz CT molecular complexity index is 438. The van der Waals surface area contributed by atoms with E-state index in [0.29, 0.717) is 11.8 Å². The van der Waals surface area contributed by atoms with Gasteiger partial charge in [-0.05, 0) is 42.2 Å². The summed E-state index contributed by atoms with van der Waals surface area (Å²) in [7, 11) is 0. The first-order valence-corrected chi connectivity index (χ1v) is 8.06. The summed E-state index contributed by atoms with van der Waals surface area (Å²) in [6.07, 6.45) is 1.96. The predicted molar refractivity (Wildman–Crippen MR) is 87.7 cm³/mol. The number of oxime groups is 1. The summed E-state index contributed by atoms with van der Waals surface area (Å²) in [4.78, 5) is 1.30. The van der Waals surface area contributed by atoms with Gasteiger partial charge in [0.1, 0.15) is 5.84 Å². The van der Waals surface area contributed by atoms with Crippen LogP contribution in [0.5, 0.6) is 0 Å². The molecule has 0 unspecified atom stereocenters. The first kappa shape index (κ1) is 16.9. The Morgan fingerprint density at radius 3 is 2.40 bits per heavy atom. The predicted octanol–water partition coefficient (Wildman–Crippen LogP) is 4.45. The number of benzene rings is 1. The highest BCUT2D eigenvalue weighted by molar-refractivity contribution is 7.99.